The molecule has 0 atom stereocenters. The number of halogens is 1. The van der Waals surface area contributed by atoms with Crippen molar-refractivity contribution < 1.29 is 4.79 Å². The number of aromatic nitrogens is 2. The van der Waals surface area contributed by atoms with Gasteiger partial charge in [0, 0.05) is 7.05 Å². The second-order valence-electron chi connectivity index (χ2n) is 3.74. The molecule has 0 bridgehead atoms. The van der Waals surface area contributed by atoms with Gasteiger partial charge in [0.05, 0.1) is 22.8 Å². The highest BCUT2D eigenvalue weighted by atomic mass is 35.5. The number of rotatable bonds is 4. The first-order valence-electron chi connectivity index (χ1n) is 5.37. The van der Waals surface area contributed by atoms with Gasteiger partial charge in [0.1, 0.15) is 0 Å². The van der Waals surface area contributed by atoms with Crippen LogP contribution in [-0.2, 0) is 18.3 Å². The Morgan fingerprint density at radius 1 is 1.56 bits per heavy atom. The van der Waals surface area contributed by atoms with E-state index in [1.54, 1.807) is 4.68 Å². The van der Waals surface area contributed by atoms with Crippen molar-refractivity contribution in [3.8, 4) is 0 Å². The molecule has 0 aliphatic heterocycles. The quantitative estimate of drug-likeness (QED) is 0.759. The molecule has 0 unspecified atom stereocenters. The lowest BCUT2D eigenvalue weighted by molar-refractivity contribution is -0.115. The van der Waals surface area contributed by atoms with Crippen molar-refractivity contribution in [3.63, 3.8) is 0 Å². The largest absolute Gasteiger partial charge is 0.294 e. The van der Waals surface area contributed by atoms with E-state index in [0.29, 0.717) is 11.4 Å². The molecule has 1 aromatic rings. The summed E-state index contributed by atoms with van der Waals surface area (Å²) in [5, 5.41) is 4.79. The standard InChI is InChI=1S/C12H17ClN2O/c1-5-9(6-2)11(16)7-10-12(13)8(3)14-15(10)4/h5H,6-7H2,1-4H3. The molecule has 0 fully saturated rings. The molecule has 0 aliphatic carbocycles. The van der Waals surface area contributed by atoms with E-state index >= 15 is 0 Å². The van der Waals surface area contributed by atoms with Crippen LogP contribution in [0.4, 0.5) is 0 Å². The van der Waals surface area contributed by atoms with Gasteiger partial charge in [0.15, 0.2) is 5.78 Å². The number of hydrogen-bond donors (Lipinski definition) is 0. The Morgan fingerprint density at radius 3 is 2.56 bits per heavy atom. The van der Waals surface area contributed by atoms with Gasteiger partial charge in [-0.25, -0.2) is 0 Å². The molecule has 0 saturated heterocycles. The van der Waals surface area contributed by atoms with Crippen molar-refractivity contribution >= 4 is 17.4 Å². The topological polar surface area (TPSA) is 34.9 Å². The van der Waals surface area contributed by atoms with Crippen molar-refractivity contribution in [1.82, 2.24) is 9.78 Å². The molecule has 16 heavy (non-hydrogen) atoms. The fourth-order valence-corrected chi connectivity index (χ4v) is 1.93. The highest BCUT2D eigenvalue weighted by Crippen LogP contribution is 2.21. The average Bonchev–Trinajstić information content (AvgIpc) is 2.47. The van der Waals surface area contributed by atoms with Gasteiger partial charge in [-0.2, -0.15) is 5.10 Å². The van der Waals surface area contributed by atoms with Crippen LogP contribution < -0.4 is 0 Å². The Labute approximate surface area is 101 Å². The molecule has 0 saturated carbocycles. The van der Waals surface area contributed by atoms with Crippen molar-refractivity contribution in [2.24, 2.45) is 7.05 Å². The first-order valence-corrected chi connectivity index (χ1v) is 5.75. The van der Waals surface area contributed by atoms with Crippen LogP contribution in [0.1, 0.15) is 31.7 Å². The Balaban J connectivity index is 2.93. The SMILES string of the molecule is CC=C(CC)C(=O)Cc1c(Cl)c(C)nn1C. The lowest BCUT2D eigenvalue weighted by Crippen LogP contribution is -2.10. The fraction of sp³-hybridized carbons (Fsp3) is 0.500. The summed E-state index contributed by atoms with van der Waals surface area (Å²) in [4.78, 5) is 11.9. The fourth-order valence-electron chi connectivity index (χ4n) is 1.70. The maximum absolute atomic E-state index is 11.9. The summed E-state index contributed by atoms with van der Waals surface area (Å²) in [7, 11) is 1.81. The van der Waals surface area contributed by atoms with Gasteiger partial charge >= 0.3 is 0 Å². The summed E-state index contributed by atoms with van der Waals surface area (Å²) < 4.78 is 1.68. The summed E-state index contributed by atoms with van der Waals surface area (Å²) in [5.41, 5.74) is 2.40. The van der Waals surface area contributed by atoms with Crippen molar-refractivity contribution in [1.29, 1.82) is 0 Å². The molecule has 0 spiro atoms. The van der Waals surface area contributed by atoms with Crippen LogP contribution in [0.15, 0.2) is 11.6 Å². The number of Topliss-reactive ketones (excluding diaryl/α,β-unsaturated/α-hetero) is 1. The predicted molar refractivity (Wildman–Crippen MR) is 65.7 cm³/mol. The minimum absolute atomic E-state index is 0.120. The monoisotopic (exact) mass is 240 g/mol. The number of nitrogens with zero attached hydrogens (tertiary/aromatic N) is 2. The molecule has 0 aliphatic rings. The Bertz CT molecular complexity index is 432. The number of carbonyl (C=O) groups excluding carboxylic acids is 1. The number of allylic oxidation sites excluding steroid dienone is 2. The average molecular weight is 241 g/mol. The highest BCUT2D eigenvalue weighted by molar-refractivity contribution is 6.32. The third-order valence-electron chi connectivity index (χ3n) is 2.68. The minimum atomic E-state index is 0.120. The number of hydrogen-bond acceptors (Lipinski definition) is 2. The molecular weight excluding hydrogens is 224 g/mol. The molecule has 0 N–H and O–H groups in total. The first kappa shape index (κ1) is 13.0. The predicted octanol–water partition coefficient (Wildman–Crippen LogP) is 2.85. The molecule has 1 aromatic heterocycles. The van der Waals surface area contributed by atoms with Gasteiger partial charge in [0.25, 0.3) is 0 Å². The van der Waals surface area contributed by atoms with Gasteiger partial charge in [-0.05, 0) is 25.8 Å². The zero-order valence-corrected chi connectivity index (χ0v) is 10.9. The van der Waals surface area contributed by atoms with E-state index in [1.165, 1.54) is 0 Å². The van der Waals surface area contributed by atoms with Crippen molar-refractivity contribution in [2.45, 2.75) is 33.6 Å². The Hall–Kier alpha value is -1.09. The Kier molecular flexibility index (Phi) is 4.30. The van der Waals surface area contributed by atoms with Crippen LogP contribution in [0, 0.1) is 6.92 Å². The smallest absolute Gasteiger partial charge is 0.164 e. The summed E-state index contributed by atoms with van der Waals surface area (Å²) >= 11 is 6.09. The van der Waals surface area contributed by atoms with E-state index in [1.807, 2.05) is 33.9 Å². The van der Waals surface area contributed by atoms with Crippen molar-refractivity contribution in [3.05, 3.63) is 28.1 Å². The maximum Gasteiger partial charge on any atom is 0.164 e. The lowest BCUT2D eigenvalue weighted by Gasteiger charge is -2.04. The molecule has 0 amide bonds. The first-order chi connectivity index (χ1) is 7.51. The summed E-state index contributed by atoms with van der Waals surface area (Å²) in [5.74, 6) is 0.120. The molecule has 3 nitrogen and oxygen atoms in total. The van der Waals surface area contributed by atoms with E-state index in [9.17, 15) is 4.79 Å². The van der Waals surface area contributed by atoms with Gasteiger partial charge < -0.3 is 0 Å². The molecule has 4 heteroatoms. The maximum atomic E-state index is 11.9. The van der Waals surface area contributed by atoms with Crippen LogP contribution in [-0.4, -0.2) is 15.6 Å². The van der Waals surface area contributed by atoms with E-state index in [-0.39, 0.29) is 5.78 Å². The number of ketones is 1. The number of aryl methyl sites for hydroxylation is 2. The van der Waals surface area contributed by atoms with Crippen molar-refractivity contribution in [2.75, 3.05) is 0 Å². The summed E-state index contributed by atoms with van der Waals surface area (Å²) in [6.07, 6.45) is 2.94. The molecular formula is C12H17ClN2O. The van der Waals surface area contributed by atoms with Crippen LogP contribution in [0.3, 0.4) is 0 Å². The second kappa shape index (κ2) is 5.30. The molecule has 1 rings (SSSR count). The van der Waals surface area contributed by atoms with E-state index in [2.05, 4.69) is 5.10 Å². The highest BCUT2D eigenvalue weighted by Gasteiger charge is 2.16. The van der Waals surface area contributed by atoms with E-state index in [4.69, 9.17) is 11.6 Å². The third kappa shape index (κ3) is 2.53. The van der Waals surface area contributed by atoms with Crippen LogP contribution >= 0.6 is 11.6 Å². The third-order valence-corrected chi connectivity index (χ3v) is 3.17. The van der Waals surface area contributed by atoms with E-state index in [0.717, 1.165) is 23.4 Å². The van der Waals surface area contributed by atoms with Gasteiger partial charge in [-0.3, -0.25) is 9.48 Å². The minimum Gasteiger partial charge on any atom is -0.294 e. The zero-order chi connectivity index (χ0) is 12.3. The molecule has 1 heterocycles. The van der Waals surface area contributed by atoms with Gasteiger partial charge in [-0.1, -0.05) is 24.6 Å². The molecule has 0 radical (unpaired) electrons. The van der Waals surface area contributed by atoms with Gasteiger partial charge in [-0.15, -0.1) is 0 Å². The normalized spacial score (nSPS) is 11.9. The lowest BCUT2D eigenvalue weighted by atomic mass is 10.0. The van der Waals surface area contributed by atoms with E-state index < -0.39 is 0 Å². The summed E-state index contributed by atoms with van der Waals surface area (Å²) in [6.45, 7) is 5.70. The van der Waals surface area contributed by atoms with Crippen LogP contribution in [0.25, 0.3) is 0 Å². The molecule has 88 valence electrons. The van der Waals surface area contributed by atoms with Crippen LogP contribution in [0.2, 0.25) is 5.02 Å². The zero-order valence-electron chi connectivity index (χ0n) is 10.2. The number of carbonyl (C=O) groups is 1. The van der Waals surface area contributed by atoms with Gasteiger partial charge in [0.2, 0.25) is 0 Å². The van der Waals surface area contributed by atoms with Crippen LogP contribution in [0.5, 0.6) is 0 Å². The second-order valence-corrected chi connectivity index (χ2v) is 4.12. The summed E-state index contributed by atoms with van der Waals surface area (Å²) in [6, 6.07) is 0. The Morgan fingerprint density at radius 2 is 2.19 bits per heavy atom. The molecule has 0 aromatic carbocycles.